The first-order chi connectivity index (χ1) is 10.8. The van der Waals surface area contributed by atoms with E-state index < -0.39 is 22.0 Å². The maximum absolute atomic E-state index is 13.3. The summed E-state index contributed by atoms with van der Waals surface area (Å²) >= 11 is 0. The van der Waals surface area contributed by atoms with Crippen molar-refractivity contribution in [2.75, 3.05) is 20.1 Å². The van der Waals surface area contributed by atoms with E-state index in [0.717, 1.165) is 0 Å². The lowest BCUT2D eigenvalue weighted by atomic mass is 10.2. The lowest BCUT2D eigenvalue weighted by molar-refractivity contribution is -0.137. The van der Waals surface area contributed by atoms with Gasteiger partial charge < -0.3 is 5.11 Å². The van der Waals surface area contributed by atoms with Crippen LogP contribution in [0.1, 0.15) is 31.7 Å². The van der Waals surface area contributed by atoms with Crippen LogP contribution < -0.4 is 0 Å². The molecule has 0 heterocycles. The van der Waals surface area contributed by atoms with Crippen molar-refractivity contribution in [1.82, 2.24) is 8.61 Å². The lowest BCUT2D eigenvalue weighted by Crippen LogP contribution is -2.42. The average Bonchev–Trinajstić information content (AvgIpc) is 2.46. The fraction of sp³-hybridized carbons (Fsp3) is 0.533. The minimum atomic E-state index is -3.72. The zero-order valence-electron chi connectivity index (χ0n) is 13.4. The van der Waals surface area contributed by atoms with Gasteiger partial charge in [-0.15, -0.1) is 0 Å². The van der Waals surface area contributed by atoms with Crippen LogP contribution in [0.4, 0.5) is 4.39 Å². The van der Waals surface area contributed by atoms with Crippen LogP contribution in [0.5, 0.6) is 0 Å². The summed E-state index contributed by atoms with van der Waals surface area (Å²) in [4.78, 5) is 10.6. The molecule has 1 aromatic carbocycles. The monoisotopic (exact) mass is 346 g/mol. The van der Waals surface area contributed by atoms with E-state index in [-0.39, 0.29) is 25.9 Å². The van der Waals surface area contributed by atoms with E-state index in [2.05, 4.69) is 0 Å². The van der Waals surface area contributed by atoms with Crippen molar-refractivity contribution in [3.05, 3.63) is 35.6 Å². The third-order valence-corrected chi connectivity index (χ3v) is 5.24. The van der Waals surface area contributed by atoms with Crippen molar-refractivity contribution < 1.29 is 22.7 Å². The molecule has 23 heavy (non-hydrogen) atoms. The summed E-state index contributed by atoms with van der Waals surface area (Å²) in [5.74, 6) is -1.41. The summed E-state index contributed by atoms with van der Waals surface area (Å²) in [6.07, 6.45) is 0.745. The summed E-state index contributed by atoms with van der Waals surface area (Å²) in [6, 6.07) is 5.72. The summed E-state index contributed by atoms with van der Waals surface area (Å²) in [6.45, 7) is 2.31. The second-order valence-corrected chi connectivity index (χ2v) is 7.33. The molecule has 1 rings (SSSR count). The van der Waals surface area contributed by atoms with E-state index in [4.69, 9.17) is 5.11 Å². The van der Waals surface area contributed by atoms with Gasteiger partial charge in [-0.05, 0) is 30.5 Å². The van der Waals surface area contributed by atoms with Crippen LogP contribution in [0.3, 0.4) is 0 Å². The Hall–Kier alpha value is -1.51. The highest BCUT2D eigenvalue weighted by molar-refractivity contribution is 7.86. The molecule has 0 saturated heterocycles. The molecule has 0 aromatic heterocycles. The number of nitrogens with zero attached hydrogens (tertiary/aromatic N) is 2. The molecule has 0 bridgehead atoms. The second kappa shape index (κ2) is 8.95. The standard InChI is InChI=1S/C15H23FN2O4S/c1-3-9-17(2)23(21,22)18(10-5-8-15(19)20)12-13-6-4-7-14(16)11-13/h4,6-7,11H,3,5,8-10,12H2,1-2H3,(H,19,20). The molecule has 0 spiro atoms. The van der Waals surface area contributed by atoms with Gasteiger partial charge in [-0.1, -0.05) is 19.1 Å². The molecule has 0 fully saturated rings. The number of carboxylic acids is 1. The zero-order chi connectivity index (χ0) is 17.5. The average molecular weight is 346 g/mol. The molecule has 6 nitrogen and oxygen atoms in total. The Balaban J connectivity index is 2.94. The highest BCUT2D eigenvalue weighted by Gasteiger charge is 2.26. The van der Waals surface area contributed by atoms with Crippen molar-refractivity contribution in [2.24, 2.45) is 0 Å². The van der Waals surface area contributed by atoms with Crippen LogP contribution in [0.25, 0.3) is 0 Å². The van der Waals surface area contributed by atoms with Gasteiger partial charge in [0.15, 0.2) is 0 Å². The largest absolute Gasteiger partial charge is 0.481 e. The Bertz CT molecular complexity index is 622. The quantitative estimate of drug-likeness (QED) is 0.703. The third kappa shape index (κ3) is 6.25. The van der Waals surface area contributed by atoms with Crippen LogP contribution in [-0.2, 0) is 21.5 Å². The minimum absolute atomic E-state index is 0.00771. The van der Waals surface area contributed by atoms with Gasteiger partial charge in [-0.3, -0.25) is 4.79 Å². The minimum Gasteiger partial charge on any atom is -0.481 e. The molecule has 1 aromatic rings. The van der Waals surface area contributed by atoms with Crippen LogP contribution in [0.15, 0.2) is 24.3 Å². The maximum atomic E-state index is 13.3. The Morgan fingerprint density at radius 1 is 1.30 bits per heavy atom. The molecule has 0 aliphatic carbocycles. The Labute approximate surface area is 136 Å². The van der Waals surface area contributed by atoms with Gasteiger partial charge in [-0.2, -0.15) is 17.0 Å². The highest BCUT2D eigenvalue weighted by atomic mass is 32.2. The third-order valence-electron chi connectivity index (χ3n) is 3.30. The molecule has 130 valence electrons. The summed E-state index contributed by atoms with van der Waals surface area (Å²) in [7, 11) is -2.24. The van der Waals surface area contributed by atoms with Crippen molar-refractivity contribution >= 4 is 16.2 Å². The normalized spacial score (nSPS) is 12.0. The highest BCUT2D eigenvalue weighted by Crippen LogP contribution is 2.15. The summed E-state index contributed by atoms with van der Waals surface area (Å²) in [5.41, 5.74) is 0.522. The number of rotatable bonds is 10. The molecule has 0 radical (unpaired) electrons. The van der Waals surface area contributed by atoms with Crippen molar-refractivity contribution in [2.45, 2.75) is 32.7 Å². The first kappa shape index (κ1) is 19.5. The van der Waals surface area contributed by atoms with Gasteiger partial charge >= 0.3 is 5.97 Å². The zero-order valence-corrected chi connectivity index (χ0v) is 14.2. The van der Waals surface area contributed by atoms with E-state index in [1.165, 1.54) is 33.9 Å². The van der Waals surface area contributed by atoms with E-state index in [9.17, 15) is 17.6 Å². The van der Waals surface area contributed by atoms with Crippen LogP contribution in [0.2, 0.25) is 0 Å². The number of carbonyl (C=O) groups is 1. The fourth-order valence-corrected chi connectivity index (χ4v) is 3.63. The first-order valence-corrected chi connectivity index (χ1v) is 8.84. The van der Waals surface area contributed by atoms with Crippen molar-refractivity contribution in [3.8, 4) is 0 Å². The van der Waals surface area contributed by atoms with E-state index in [1.54, 1.807) is 6.07 Å². The smallest absolute Gasteiger partial charge is 0.303 e. The van der Waals surface area contributed by atoms with Gasteiger partial charge in [0.05, 0.1) is 0 Å². The van der Waals surface area contributed by atoms with Gasteiger partial charge in [0, 0.05) is 33.1 Å². The predicted octanol–water partition coefficient (Wildman–Crippen LogP) is 2.08. The number of hydrogen-bond acceptors (Lipinski definition) is 3. The van der Waals surface area contributed by atoms with Gasteiger partial charge in [0.25, 0.3) is 10.2 Å². The summed E-state index contributed by atoms with van der Waals surface area (Å²) < 4.78 is 40.9. The van der Waals surface area contributed by atoms with Gasteiger partial charge in [-0.25, -0.2) is 4.39 Å². The molecule has 0 aliphatic rings. The molecule has 1 N–H and O–H groups in total. The fourth-order valence-electron chi connectivity index (χ4n) is 2.15. The van der Waals surface area contributed by atoms with Crippen LogP contribution in [-0.4, -0.2) is 48.2 Å². The molecule has 0 saturated carbocycles. The second-order valence-electron chi connectivity index (χ2n) is 5.29. The maximum Gasteiger partial charge on any atom is 0.303 e. The van der Waals surface area contributed by atoms with E-state index in [1.807, 2.05) is 6.92 Å². The number of carboxylic acid groups (broad SMARTS) is 1. The SMILES string of the molecule is CCCN(C)S(=O)(=O)N(CCCC(=O)O)Cc1cccc(F)c1. The van der Waals surface area contributed by atoms with Crippen molar-refractivity contribution in [1.29, 1.82) is 0 Å². The molecular formula is C15H23FN2O4S. The number of halogens is 1. The Kier molecular flexibility index (Phi) is 7.60. The lowest BCUT2D eigenvalue weighted by Gasteiger charge is -2.27. The molecule has 0 unspecified atom stereocenters. The van der Waals surface area contributed by atoms with Crippen molar-refractivity contribution in [3.63, 3.8) is 0 Å². The Morgan fingerprint density at radius 3 is 2.57 bits per heavy atom. The van der Waals surface area contributed by atoms with Crippen LogP contribution >= 0.6 is 0 Å². The predicted molar refractivity (Wildman–Crippen MR) is 85.5 cm³/mol. The van der Waals surface area contributed by atoms with E-state index in [0.29, 0.717) is 18.5 Å². The summed E-state index contributed by atoms with van der Waals surface area (Å²) in [5, 5.41) is 8.72. The molecule has 0 atom stereocenters. The Morgan fingerprint density at radius 2 is 2.00 bits per heavy atom. The number of benzene rings is 1. The number of hydrogen-bond donors (Lipinski definition) is 1. The first-order valence-electron chi connectivity index (χ1n) is 7.45. The van der Waals surface area contributed by atoms with E-state index >= 15 is 0 Å². The van der Waals surface area contributed by atoms with Gasteiger partial charge in [0.1, 0.15) is 5.82 Å². The topological polar surface area (TPSA) is 77.9 Å². The molecule has 8 heteroatoms. The molecule has 0 amide bonds. The van der Waals surface area contributed by atoms with Crippen LogP contribution in [0, 0.1) is 5.82 Å². The van der Waals surface area contributed by atoms with Gasteiger partial charge in [0.2, 0.25) is 0 Å². The number of aliphatic carboxylic acids is 1. The molecular weight excluding hydrogens is 323 g/mol. The molecule has 0 aliphatic heterocycles.